The average molecular weight is 431 g/mol. The molecule has 1 heterocycles. The zero-order valence-corrected chi connectivity index (χ0v) is 17.8. The van der Waals surface area contributed by atoms with Gasteiger partial charge in [0.1, 0.15) is 11.8 Å². The molecule has 32 heavy (non-hydrogen) atoms. The summed E-state index contributed by atoms with van der Waals surface area (Å²) in [7, 11) is 0. The first-order chi connectivity index (χ1) is 15.6. The monoisotopic (exact) mass is 431 g/mol. The van der Waals surface area contributed by atoms with E-state index in [1.807, 2.05) is 24.3 Å². The zero-order chi connectivity index (χ0) is 22.5. The summed E-state index contributed by atoms with van der Waals surface area (Å²) >= 11 is 0. The van der Waals surface area contributed by atoms with Crippen LogP contribution in [-0.2, 0) is 14.4 Å². The molecule has 2 fully saturated rings. The molecule has 3 amide bonds. The van der Waals surface area contributed by atoms with Crippen LogP contribution in [0.3, 0.4) is 0 Å². The number of para-hydroxylation sites is 1. The molecule has 0 aromatic heterocycles. The molecule has 0 N–H and O–H groups in total. The summed E-state index contributed by atoms with van der Waals surface area (Å²) in [6.45, 7) is -0.185. The fraction of sp³-hybridized carbons (Fsp3) is 0.360. The van der Waals surface area contributed by atoms with Gasteiger partial charge < -0.3 is 9.64 Å². The second kappa shape index (κ2) is 9.65. The van der Waals surface area contributed by atoms with E-state index in [0.29, 0.717) is 17.0 Å². The molecule has 2 aromatic rings. The summed E-state index contributed by atoms with van der Waals surface area (Å²) < 4.78 is 5.67. The van der Waals surface area contributed by atoms with Crippen LogP contribution < -0.4 is 9.64 Å². The van der Waals surface area contributed by atoms with E-state index in [1.54, 1.807) is 41.3 Å². The molecule has 1 unspecified atom stereocenters. The SMILES string of the molecule is N#Cc1ccc(N2C(=O)CC(N(C(=O)COc3ccccc3)C3CCCCC3)C2=O)cc1. The minimum atomic E-state index is -0.840. The number of benzene rings is 2. The van der Waals surface area contributed by atoms with Crippen LogP contribution in [0.5, 0.6) is 5.75 Å². The Bertz CT molecular complexity index is 1020. The molecule has 4 rings (SSSR count). The summed E-state index contributed by atoms with van der Waals surface area (Å²) in [5.74, 6) is -0.452. The maximum atomic E-state index is 13.3. The lowest BCUT2D eigenvalue weighted by molar-refractivity contribution is -0.143. The van der Waals surface area contributed by atoms with Gasteiger partial charge in [-0.15, -0.1) is 0 Å². The van der Waals surface area contributed by atoms with Crippen molar-refractivity contribution >= 4 is 23.4 Å². The number of hydrogen-bond donors (Lipinski definition) is 0. The number of nitriles is 1. The average Bonchev–Trinajstić information content (AvgIpc) is 3.12. The van der Waals surface area contributed by atoms with Gasteiger partial charge in [0.25, 0.3) is 11.8 Å². The predicted molar refractivity (Wildman–Crippen MR) is 118 cm³/mol. The molecule has 0 spiro atoms. The van der Waals surface area contributed by atoms with Crippen LogP contribution in [0.1, 0.15) is 44.1 Å². The minimum absolute atomic E-state index is 0.0492. The molecule has 0 bridgehead atoms. The first-order valence-electron chi connectivity index (χ1n) is 10.9. The number of amides is 3. The van der Waals surface area contributed by atoms with E-state index < -0.39 is 11.9 Å². The number of ether oxygens (including phenoxy) is 1. The van der Waals surface area contributed by atoms with Crippen LogP contribution in [0.4, 0.5) is 5.69 Å². The summed E-state index contributed by atoms with van der Waals surface area (Å²) in [4.78, 5) is 42.1. The first kappa shape index (κ1) is 21.6. The Kier molecular flexibility index (Phi) is 6.50. The summed E-state index contributed by atoms with van der Waals surface area (Å²) in [6.07, 6.45) is 4.66. The minimum Gasteiger partial charge on any atom is -0.484 e. The molecule has 1 aliphatic heterocycles. The van der Waals surface area contributed by atoms with Crippen LogP contribution in [-0.4, -0.2) is 41.3 Å². The lowest BCUT2D eigenvalue weighted by atomic mass is 9.92. The van der Waals surface area contributed by atoms with Crippen molar-refractivity contribution < 1.29 is 19.1 Å². The molecular formula is C25H25N3O4. The second-order valence-corrected chi connectivity index (χ2v) is 8.14. The Balaban J connectivity index is 1.56. The molecular weight excluding hydrogens is 406 g/mol. The lowest BCUT2D eigenvalue weighted by Gasteiger charge is -2.37. The van der Waals surface area contributed by atoms with Crippen LogP contribution in [0, 0.1) is 11.3 Å². The van der Waals surface area contributed by atoms with Gasteiger partial charge in [0.05, 0.1) is 23.7 Å². The standard InChI is InChI=1S/C25H25N3O4/c26-16-18-11-13-20(14-12-18)28-23(29)15-22(25(28)31)27(19-7-3-1-4-8-19)24(30)17-32-21-9-5-2-6-10-21/h2,5-6,9-14,19,22H,1,3-4,7-8,15,17H2. The van der Waals surface area contributed by atoms with Gasteiger partial charge in [-0.25, -0.2) is 4.90 Å². The van der Waals surface area contributed by atoms with Crippen molar-refractivity contribution in [2.45, 2.75) is 50.6 Å². The van der Waals surface area contributed by atoms with Gasteiger partial charge in [0, 0.05) is 6.04 Å². The van der Waals surface area contributed by atoms with E-state index in [2.05, 4.69) is 0 Å². The maximum Gasteiger partial charge on any atom is 0.261 e. The van der Waals surface area contributed by atoms with Crippen LogP contribution >= 0.6 is 0 Å². The highest BCUT2D eigenvalue weighted by atomic mass is 16.5. The molecule has 7 nitrogen and oxygen atoms in total. The third kappa shape index (κ3) is 4.50. The fourth-order valence-corrected chi connectivity index (χ4v) is 4.52. The second-order valence-electron chi connectivity index (χ2n) is 8.14. The Morgan fingerprint density at radius 3 is 2.38 bits per heavy atom. The van der Waals surface area contributed by atoms with E-state index in [4.69, 9.17) is 10.00 Å². The quantitative estimate of drug-likeness (QED) is 0.654. The van der Waals surface area contributed by atoms with E-state index in [9.17, 15) is 14.4 Å². The van der Waals surface area contributed by atoms with Gasteiger partial charge in [-0.3, -0.25) is 14.4 Å². The van der Waals surface area contributed by atoms with Crippen LogP contribution in [0.15, 0.2) is 54.6 Å². The smallest absolute Gasteiger partial charge is 0.261 e. The van der Waals surface area contributed by atoms with E-state index >= 15 is 0 Å². The number of imide groups is 1. The highest BCUT2D eigenvalue weighted by Gasteiger charge is 2.46. The van der Waals surface area contributed by atoms with E-state index in [1.165, 1.54) is 0 Å². The third-order valence-electron chi connectivity index (χ3n) is 6.07. The van der Waals surface area contributed by atoms with Crippen molar-refractivity contribution in [3.63, 3.8) is 0 Å². The van der Waals surface area contributed by atoms with Gasteiger partial charge >= 0.3 is 0 Å². The van der Waals surface area contributed by atoms with Gasteiger partial charge in [-0.05, 0) is 49.2 Å². The number of carbonyl (C=O) groups is 3. The molecule has 1 saturated heterocycles. The maximum absolute atomic E-state index is 13.3. The number of anilines is 1. The van der Waals surface area contributed by atoms with Gasteiger partial charge in [0.2, 0.25) is 5.91 Å². The molecule has 164 valence electrons. The Hall–Kier alpha value is -3.66. The van der Waals surface area contributed by atoms with E-state index in [0.717, 1.165) is 37.0 Å². The van der Waals surface area contributed by atoms with Gasteiger partial charge in [-0.1, -0.05) is 37.5 Å². The third-order valence-corrected chi connectivity index (χ3v) is 6.07. The van der Waals surface area contributed by atoms with E-state index in [-0.39, 0.29) is 30.9 Å². The Labute approximate surface area is 187 Å². The van der Waals surface area contributed by atoms with Crippen molar-refractivity contribution in [2.75, 3.05) is 11.5 Å². The predicted octanol–water partition coefficient (Wildman–Crippen LogP) is 3.43. The summed E-state index contributed by atoms with van der Waals surface area (Å²) in [5.41, 5.74) is 0.861. The Morgan fingerprint density at radius 2 is 1.72 bits per heavy atom. The lowest BCUT2D eigenvalue weighted by Crippen LogP contribution is -2.52. The largest absolute Gasteiger partial charge is 0.484 e. The Morgan fingerprint density at radius 1 is 1.03 bits per heavy atom. The van der Waals surface area contributed by atoms with Crippen molar-refractivity contribution in [3.8, 4) is 11.8 Å². The van der Waals surface area contributed by atoms with Crippen molar-refractivity contribution in [3.05, 3.63) is 60.2 Å². The van der Waals surface area contributed by atoms with Gasteiger partial charge in [0.15, 0.2) is 6.61 Å². The van der Waals surface area contributed by atoms with Crippen molar-refractivity contribution in [1.82, 2.24) is 4.90 Å². The molecule has 0 radical (unpaired) electrons. The molecule has 1 saturated carbocycles. The van der Waals surface area contributed by atoms with Crippen LogP contribution in [0.2, 0.25) is 0 Å². The highest BCUT2D eigenvalue weighted by Crippen LogP contribution is 2.31. The van der Waals surface area contributed by atoms with Gasteiger partial charge in [-0.2, -0.15) is 5.26 Å². The molecule has 2 aliphatic rings. The number of carbonyl (C=O) groups excluding carboxylic acids is 3. The fourth-order valence-electron chi connectivity index (χ4n) is 4.52. The molecule has 2 aromatic carbocycles. The normalized spacial score (nSPS) is 19.0. The van der Waals surface area contributed by atoms with Crippen molar-refractivity contribution in [2.24, 2.45) is 0 Å². The molecule has 7 heteroatoms. The number of nitrogens with zero attached hydrogens (tertiary/aromatic N) is 3. The zero-order valence-electron chi connectivity index (χ0n) is 17.8. The molecule has 1 aliphatic carbocycles. The number of rotatable bonds is 6. The highest BCUT2D eigenvalue weighted by molar-refractivity contribution is 6.23. The summed E-state index contributed by atoms with van der Waals surface area (Å²) in [5, 5.41) is 9.00. The van der Waals surface area contributed by atoms with Crippen LogP contribution in [0.25, 0.3) is 0 Å². The number of hydrogen-bond acceptors (Lipinski definition) is 5. The van der Waals surface area contributed by atoms with Crippen molar-refractivity contribution in [1.29, 1.82) is 5.26 Å². The summed E-state index contributed by atoms with van der Waals surface area (Å²) in [6, 6.07) is 16.5. The molecule has 1 atom stereocenters. The first-order valence-corrected chi connectivity index (χ1v) is 10.9. The topological polar surface area (TPSA) is 90.7 Å².